The molecule has 4 nitrogen and oxygen atoms in total. The van der Waals surface area contributed by atoms with E-state index in [2.05, 4.69) is 59.9 Å². The monoisotopic (exact) mass is 374 g/mol. The smallest absolute Gasteiger partial charge is 0.0431 e. The summed E-state index contributed by atoms with van der Waals surface area (Å²) in [6, 6.07) is 12.7. The van der Waals surface area contributed by atoms with E-state index >= 15 is 0 Å². The highest BCUT2D eigenvalue weighted by Crippen LogP contribution is 2.13. The molecule has 2 N–H and O–H groups in total. The van der Waals surface area contributed by atoms with Crippen molar-refractivity contribution in [3.05, 3.63) is 69.9 Å². The van der Waals surface area contributed by atoms with Crippen LogP contribution in [0.4, 0.5) is 0 Å². The Morgan fingerprint density at radius 2 is 1.32 bits per heavy atom. The molecule has 0 spiro atoms. The van der Waals surface area contributed by atoms with E-state index in [1.807, 2.05) is 19.9 Å². The first kappa shape index (κ1) is 19.9. The molecule has 2 aromatic heterocycles. The first-order valence-corrected chi connectivity index (χ1v) is 10.3. The number of H-pyrrole nitrogens is 2. The van der Waals surface area contributed by atoms with Gasteiger partial charge in [0, 0.05) is 44.5 Å². The van der Waals surface area contributed by atoms with Gasteiger partial charge < -0.3 is 9.97 Å². The molecule has 0 amide bonds. The Balaban J connectivity index is 0.00000109. The van der Waals surface area contributed by atoms with Gasteiger partial charge in [-0.05, 0) is 68.5 Å². The van der Waals surface area contributed by atoms with Gasteiger partial charge in [-0.15, -0.1) is 0 Å². The van der Waals surface area contributed by atoms with E-state index in [0.717, 1.165) is 76.6 Å². The van der Waals surface area contributed by atoms with Crippen molar-refractivity contribution in [3.8, 4) is 0 Å². The van der Waals surface area contributed by atoms with Gasteiger partial charge in [-0.2, -0.15) is 0 Å². The van der Waals surface area contributed by atoms with Crippen molar-refractivity contribution >= 4 is 23.7 Å². The fourth-order valence-corrected chi connectivity index (χ4v) is 3.45. The van der Waals surface area contributed by atoms with Gasteiger partial charge in [0.25, 0.3) is 0 Å². The molecule has 0 radical (unpaired) electrons. The van der Waals surface area contributed by atoms with Crippen LogP contribution in [0.15, 0.2) is 36.4 Å². The maximum absolute atomic E-state index is 4.79. The van der Waals surface area contributed by atoms with E-state index in [9.17, 15) is 0 Å². The highest BCUT2D eigenvalue weighted by molar-refractivity contribution is 5.59. The molecular formula is C24H30N4. The molecule has 2 aromatic rings. The summed E-state index contributed by atoms with van der Waals surface area (Å²) in [4.78, 5) is 16.4. The average Bonchev–Trinajstić information content (AvgIpc) is 3.40. The Morgan fingerprint density at radius 1 is 0.821 bits per heavy atom. The van der Waals surface area contributed by atoms with Crippen LogP contribution < -0.4 is 10.7 Å². The number of hydrogen-bond acceptors (Lipinski definition) is 2. The molecule has 0 aliphatic carbocycles. The highest BCUT2D eigenvalue weighted by Gasteiger charge is 2.06. The number of aromatic amines is 2. The van der Waals surface area contributed by atoms with Crippen LogP contribution in [0.2, 0.25) is 0 Å². The molecule has 0 atom stereocenters. The Bertz CT molecular complexity index is 1100. The largest absolute Gasteiger partial charge is 0.356 e. The van der Waals surface area contributed by atoms with Crippen molar-refractivity contribution in [1.29, 1.82) is 0 Å². The molecule has 0 unspecified atom stereocenters. The lowest BCUT2D eigenvalue weighted by molar-refractivity contribution is 1.01. The lowest BCUT2D eigenvalue weighted by Crippen LogP contribution is -2.15. The fourth-order valence-electron chi connectivity index (χ4n) is 3.45. The lowest BCUT2D eigenvalue weighted by Gasteiger charge is -1.88. The number of rotatable bonds is 1. The zero-order valence-corrected chi connectivity index (χ0v) is 17.2. The van der Waals surface area contributed by atoms with E-state index in [0.29, 0.717) is 0 Å². The zero-order chi connectivity index (χ0) is 19.9. The summed E-state index contributed by atoms with van der Waals surface area (Å²) in [5.41, 5.74) is 6.58. The van der Waals surface area contributed by atoms with Crippen molar-refractivity contribution in [3.63, 3.8) is 0 Å². The van der Waals surface area contributed by atoms with Crippen molar-refractivity contribution in [2.75, 3.05) is 0 Å². The molecule has 28 heavy (non-hydrogen) atoms. The summed E-state index contributed by atoms with van der Waals surface area (Å²) < 4.78 is 0. The topological polar surface area (TPSA) is 57.4 Å². The van der Waals surface area contributed by atoms with Gasteiger partial charge in [0.05, 0.1) is 0 Å². The minimum absolute atomic E-state index is 0.865. The second-order valence-electron chi connectivity index (χ2n) is 6.85. The fraction of sp³-hybridized carbons (Fsp3) is 0.333. The Labute approximate surface area is 166 Å². The minimum Gasteiger partial charge on any atom is -0.356 e. The molecule has 2 aliphatic heterocycles. The number of nitrogens with one attached hydrogen (secondary N) is 2. The first-order chi connectivity index (χ1) is 13.7. The summed E-state index contributed by atoms with van der Waals surface area (Å²) >= 11 is 0. The van der Waals surface area contributed by atoms with Gasteiger partial charge in [-0.25, -0.2) is 0 Å². The molecule has 0 saturated heterocycles. The predicted molar refractivity (Wildman–Crippen MR) is 118 cm³/mol. The lowest BCUT2D eigenvalue weighted by atomic mass is 10.2. The highest BCUT2D eigenvalue weighted by atomic mass is 14.8. The molecule has 6 bridgehead atoms. The number of aromatic nitrogens is 4. The maximum Gasteiger partial charge on any atom is 0.0431 e. The Hall–Kier alpha value is -2.88. The van der Waals surface area contributed by atoms with Crippen molar-refractivity contribution in [2.24, 2.45) is 0 Å². The van der Waals surface area contributed by atoms with E-state index in [4.69, 9.17) is 9.97 Å². The van der Waals surface area contributed by atoms with E-state index in [1.54, 1.807) is 0 Å². The van der Waals surface area contributed by atoms with E-state index in [1.165, 1.54) is 0 Å². The van der Waals surface area contributed by atoms with Crippen LogP contribution in [0.3, 0.4) is 0 Å². The third-order valence-corrected chi connectivity index (χ3v) is 4.62. The molecular weight excluding hydrogens is 344 g/mol. The van der Waals surface area contributed by atoms with Crippen LogP contribution in [0.25, 0.3) is 23.7 Å². The molecule has 0 aromatic carbocycles. The molecule has 2 aliphatic rings. The Morgan fingerprint density at radius 3 is 1.86 bits per heavy atom. The number of nitrogens with zero attached hydrogens (tertiary/aromatic N) is 2. The maximum atomic E-state index is 4.79. The van der Waals surface area contributed by atoms with Crippen molar-refractivity contribution in [1.82, 2.24) is 19.9 Å². The van der Waals surface area contributed by atoms with Crippen molar-refractivity contribution < 1.29 is 0 Å². The van der Waals surface area contributed by atoms with Crippen molar-refractivity contribution in [2.45, 2.75) is 52.9 Å². The molecule has 4 heterocycles. The van der Waals surface area contributed by atoms with Gasteiger partial charge >= 0.3 is 0 Å². The summed E-state index contributed by atoms with van der Waals surface area (Å²) in [5, 5.41) is 1.92. The molecule has 0 fully saturated rings. The van der Waals surface area contributed by atoms with Crippen LogP contribution in [0.5, 0.6) is 0 Å². The molecule has 4 rings (SSSR count). The SMILES string of the molecule is C=c1cc2nc(cc3ccc(cc4nc(c/c(=C/CC)[nH]1)CC4)[nH]3)CC2.CC. The first-order valence-electron chi connectivity index (χ1n) is 10.3. The van der Waals surface area contributed by atoms with Crippen LogP contribution in [-0.2, 0) is 25.7 Å². The van der Waals surface area contributed by atoms with Crippen LogP contribution >= 0.6 is 0 Å². The van der Waals surface area contributed by atoms with Crippen LogP contribution in [-0.4, -0.2) is 19.9 Å². The summed E-state index contributed by atoms with van der Waals surface area (Å²) in [7, 11) is 0. The van der Waals surface area contributed by atoms with Gasteiger partial charge in [0.2, 0.25) is 0 Å². The van der Waals surface area contributed by atoms with Gasteiger partial charge in [0.15, 0.2) is 0 Å². The van der Waals surface area contributed by atoms with Gasteiger partial charge in [0.1, 0.15) is 0 Å². The van der Waals surface area contributed by atoms with Crippen LogP contribution in [0, 0.1) is 0 Å². The number of hydrogen-bond donors (Lipinski definition) is 2. The molecule has 146 valence electrons. The summed E-state index contributed by atoms with van der Waals surface area (Å²) in [5.74, 6) is 0. The predicted octanol–water partition coefficient (Wildman–Crippen LogP) is 3.92. The molecule has 4 heteroatoms. The molecule has 0 saturated carbocycles. The zero-order valence-electron chi connectivity index (χ0n) is 17.2. The van der Waals surface area contributed by atoms with Gasteiger partial charge in [-0.1, -0.05) is 33.4 Å². The summed E-state index contributed by atoms with van der Waals surface area (Å²) in [6.07, 6.45) is 6.99. The standard InChI is InChI=1S/C22H24N4.C2H6/c1-3-4-16-12-18-7-8-21(25-18)14-22-10-9-20(26-22)13-19-6-5-17(24-19)11-15(2)23-16;1-2/h4,9-14,23,26H,2-3,5-8H2,1H3;1-2H3/b16-4-,17-11?,18-12?,20-13?,22-14?;. The minimum atomic E-state index is 0.865. The second kappa shape index (κ2) is 9.36. The number of aryl methyl sites for hydroxylation is 4. The van der Waals surface area contributed by atoms with Crippen LogP contribution in [0.1, 0.15) is 50.0 Å². The quantitative estimate of drug-likeness (QED) is 0.795. The normalized spacial score (nSPS) is 13.5. The number of fused-ring (bicyclic) bond motifs is 6. The third-order valence-electron chi connectivity index (χ3n) is 4.62. The summed E-state index contributed by atoms with van der Waals surface area (Å²) in [6.45, 7) is 10.3. The Kier molecular flexibility index (Phi) is 6.64. The van der Waals surface area contributed by atoms with E-state index < -0.39 is 0 Å². The second-order valence-corrected chi connectivity index (χ2v) is 6.85. The van der Waals surface area contributed by atoms with E-state index in [-0.39, 0.29) is 0 Å². The average molecular weight is 375 g/mol. The van der Waals surface area contributed by atoms with Gasteiger partial charge in [-0.3, -0.25) is 9.97 Å². The third kappa shape index (κ3) is 5.10.